The van der Waals surface area contributed by atoms with Crippen molar-refractivity contribution < 1.29 is 13.2 Å². The second kappa shape index (κ2) is 5.42. The largest absolute Gasteiger partial charge is 0.416 e. The molecule has 2 aromatic rings. The van der Waals surface area contributed by atoms with Gasteiger partial charge in [0, 0.05) is 12.8 Å². The van der Waals surface area contributed by atoms with Crippen molar-refractivity contribution >= 4 is 0 Å². The zero-order valence-corrected chi connectivity index (χ0v) is 10.5. The minimum Gasteiger partial charge on any atom is -0.263 e. The molecule has 0 saturated carbocycles. The van der Waals surface area contributed by atoms with Crippen LogP contribution < -0.4 is 0 Å². The average Bonchev–Trinajstić information content (AvgIpc) is 2.77. The van der Waals surface area contributed by atoms with Crippen molar-refractivity contribution in [1.82, 2.24) is 15.2 Å². The van der Waals surface area contributed by atoms with E-state index in [0.29, 0.717) is 12.2 Å². The highest BCUT2D eigenvalue weighted by Gasteiger charge is 2.29. The molecule has 0 aliphatic rings. The van der Waals surface area contributed by atoms with Gasteiger partial charge in [-0.15, -0.1) is 0 Å². The Hall–Kier alpha value is -1.85. The molecule has 0 aliphatic carbocycles. The van der Waals surface area contributed by atoms with Crippen molar-refractivity contribution in [1.29, 1.82) is 0 Å². The fourth-order valence-corrected chi connectivity index (χ4v) is 1.75. The Morgan fingerprint density at radius 3 is 2.42 bits per heavy atom. The van der Waals surface area contributed by atoms with Crippen molar-refractivity contribution in [2.75, 3.05) is 0 Å². The zero-order valence-electron chi connectivity index (χ0n) is 10.5. The summed E-state index contributed by atoms with van der Waals surface area (Å²) in [5.41, 5.74) is 0.132. The van der Waals surface area contributed by atoms with Gasteiger partial charge in [0.2, 0.25) is 0 Å². The molecule has 0 bridgehead atoms. The van der Waals surface area contributed by atoms with Crippen molar-refractivity contribution in [3.8, 4) is 0 Å². The molecule has 1 aromatic carbocycles. The monoisotopic (exact) mass is 269 g/mol. The van der Waals surface area contributed by atoms with Gasteiger partial charge in [-0.3, -0.25) is 5.10 Å². The van der Waals surface area contributed by atoms with Crippen LogP contribution in [0.2, 0.25) is 0 Å². The number of hydrogen-bond acceptors (Lipinski definition) is 2. The van der Waals surface area contributed by atoms with Crippen LogP contribution in [0.3, 0.4) is 0 Å². The molecule has 3 nitrogen and oxygen atoms in total. The lowest BCUT2D eigenvalue weighted by atomic mass is 10.1. The first kappa shape index (κ1) is 13.6. The summed E-state index contributed by atoms with van der Waals surface area (Å²) in [5, 5.41) is 6.84. The van der Waals surface area contributed by atoms with Crippen LogP contribution in [0.1, 0.15) is 36.1 Å². The molecule has 19 heavy (non-hydrogen) atoms. The first-order chi connectivity index (χ1) is 8.99. The van der Waals surface area contributed by atoms with Gasteiger partial charge in [-0.05, 0) is 24.1 Å². The molecule has 6 heteroatoms. The normalized spacial score (nSPS) is 11.8. The third kappa shape index (κ3) is 3.56. The van der Waals surface area contributed by atoms with E-state index in [0.717, 1.165) is 36.4 Å². The van der Waals surface area contributed by atoms with Crippen molar-refractivity contribution in [3.05, 3.63) is 47.0 Å². The van der Waals surface area contributed by atoms with Crippen LogP contribution >= 0.6 is 0 Å². The summed E-state index contributed by atoms with van der Waals surface area (Å²) in [4.78, 5) is 4.28. The topological polar surface area (TPSA) is 41.6 Å². The van der Waals surface area contributed by atoms with E-state index in [-0.39, 0.29) is 0 Å². The number of aromatic amines is 1. The van der Waals surface area contributed by atoms with E-state index in [1.54, 1.807) is 0 Å². The summed E-state index contributed by atoms with van der Waals surface area (Å²) in [6.45, 7) is 2.03. The van der Waals surface area contributed by atoms with Gasteiger partial charge in [0.05, 0.1) is 5.56 Å². The fourth-order valence-electron chi connectivity index (χ4n) is 1.75. The molecule has 0 saturated heterocycles. The van der Waals surface area contributed by atoms with Crippen molar-refractivity contribution in [2.45, 2.75) is 32.4 Å². The number of halogens is 3. The number of benzene rings is 1. The quantitative estimate of drug-likeness (QED) is 0.924. The minimum absolute atomic E-state index is 0.453. The SMILES string of the molecule is CCCc1n[nH]c(Cc2ccc(C(F)(F)F)cc2)n1. The van der Waals surface area contributed by atoms with Gasteiger partial charge in [0.1, 0.15) is 5.82 Å². The van der Waals surface area contributed by atoms with Crippen LogP contribution in [-0.2, 0) is 19.0 Å². The van der Waals surface area contributed by atoms with Crippen LogP contribution in [0.5, 0.6) is 0 Å². The van der Waals surface area contributed by atoms with Gasteiger partial charge in [-0.1, -0.05) is 19.1 Å². The highest BCUT2D eigenvalue weighted by molar-refractivity contribution is 5.26. The third-order valence-electron chi connectivity index (χ3n) is 2.70. The van der Waals surface area contributed by atoms with Crippen LogP contribution in [0, 0.1) is 0 Å². The minimum atomic E-state index is -4.29. The molecular formula is C13H14F3N3. The number of hydrogen-bond donors (Lipinski definition) is 1. The number of H-pyrrole nitrogens is 1. The van der Waals surface area contributed by atoms with E-state index in [1.807, 2.05) is 6.92 Å². The first-order valence-electron chi connectivity index (χ1n) is 6.05. The second-order valence-corrected chi connectivity index (χ2v) is 4.32. The molecular weight excluding hydrogens is 255 g/mol. The number of nitrogens with zero attached hydrogens (tertiary/aromatic N) is 2. The molecule has 1 heterocycles. The first-order valence-corrected chi connectivity index (χ1v) is 6.05. The van der Waals surface area contributed by atoms with Gasteiger partial charge in [-0.2, -0.15) is 18.3 Å². The zero-order chi connectivity index (χ0) is 13.9. The number of nitrogens with one attached hydrogen (secondary N) is 1. The Morgan fingerprint density at radius 2 is 1.84 bits per heavy atom. The van der Waals surface area contributed by atoms with Crippen molar-refractivity contribution in [3.63, 3.8) is 0 Å². The Balaban J connectivity index is 2.06. The van der Waals surface area contributed by atoms with Crippen LogP contribution in [0.25, 0.3) is 0 Å². The predicted molar refractivity (Wildman–Crippen MR) is 64.6 cm³/mol. The van der Waals surface area contributed by atoms with E-state index >= 15 is 0 Å². The van der Waals surface area contributed by atoms with Crippen molar-refractivity contribution in [2.24, 2.45) is 0 Å². The van der Waals surface area contributed by atoms with Gasteiger partial charge < -0.3 is 0 Å². The maximum absolute atomic E-state index is 12.4. The molecule has 0 fully saturated rings. The fraction of sp³-hybridized carbons (Fsp3) is 0.385. The van der Waals surface area contributed by atoms with E-state index in [9.17, 15) is 13.2 Å². The highest BCUT2D eigenvalue weighted by Crippen LogP contribution is 2.29. The highest BCUT2D eigenvalue weighted by atomic mass is 19.4. The van der Waals surface area contributed by atoms with E-state index in [1.165, 1.54) is 12.1 Å². The molecule has 0 unspecified atom stereocenters. The summed E-state index contributed by atoms with van der Waals surface area (Å²) < 4.78 is 37.2. The summed E-state index contributed by atoms with van der Waals surface area (Å²) in [6, 6.07) is 5.09. The number of aromatic nitrogens is 3. The van der Waals surface area contributed by atoms with Crippen LogP contribution in [0.4, 0.5) is 13.2 Å². The third-order valence-corrected chi connectivity index (χ3v) is 2.70. The molecule has 1 N–H and O–H groups in total. The number of aryl methyl sites for hydroxylation is 1. The van der Waals surface area contributed by atoms with E-state index < -0.39 is 11.7 Å². The Morgan fingerprint density at radius 1 is 1.16 bits per heavy atom. The Labute approximate surface area is 108 Å². The number of alkyl halides is 3. The van der Waals surface area contributed by atoms with E-state index in [4.69, 9.17) is 0 Å². The van der Waals surface area contributed by atoms with Gasteiger partial charge >= 0.3 is 6.18 Å². The molecule has 0 aliphatic heterocycles. The lowest BCUT2D eigenvalue weighted by Gasteiger charge is -2.06. The average molecular weight is 269 g/mol. The standard InChI is InChI=1S/C13H14F3N3/c1-2-3-11-17-12(19-18-11)8-9-4-6-10(7-5-9)13(14,15)16/h4-7H,2-3,8H2,1H3,(H,17,18,19). The number of rotatable bonds is 4. The molecule has 0 radical (unpaired) electrons. The second-order valence-electron chi connectivity index (χ2n) is 4.32. The lowest BCUT2D eigenvalue weighted by molar-refractivity contribution is -0.137. The Kier molecular flexibility index (Phi) is 3.87. The van der Waals surface area contributed by atoms with Gasteiger partial charge in [-0.25, -0.2) is 4.98 Å². The van der Waals surface area contributed by atoms with Crippen LogP contribution in [-0.4, -0.2) is 15.2 Å². The van der Waals surface area contributed by atoms with Gasteiger partial charge in [0.15, 0.2) is 5.82 Å². The van der Waals surface area contributed by atoms with Crippen LogP contribution in [0.15, 0.2) is 24.3 Å². The summed E-state index contributed by atoms with van der Waals surface area (Å²) >= 11 is 0. The summed E-state index contributed by atoms with van der Waals surface area (Å²) in [6.07, 6.45) is -2.09. The maximum Gasteiger partial charge on any atom is 0.416 e. The smallest absolute Gasteiger partial charge is 0.263 e. The maximum atomic E-state index is 12.4. The molecule has 0 spiro atoms. The molecule has 0 atom stereocenters. The molecule has 2 rings (SSSR count). The Bertz CT molecular complexity index is 529. The molecule has 1 aromatic heterocycles. The molecule has 0 amide bonds. The predicted octanol–water partition coefficient (Wildman–Crippen LogP) is 3.37. The molecule has 102 valence electrons. The van der Waals surface area contributed by atoms with Gasteiger partial charge in [0.25, 0.3) is 0 Å². The summed E-state index contributed by atoms with van der Waals surface area (Å²) in [7, 11) is 0. The van der Waals surface area contributed by atoms with E-state index in [2.05, 4.69) is 15.2 Å². The summed E-state index contributed by atoms with van der Waals surface area (Å²) in [5.74, 6) is 1.41. The lowest BCUT2D eigenvalue weighted by Crippen LogP contribution is -2.04.